The number of aryl methyl sites for hydroxylation is 1. The Hall–Kier alpha value is -3.24. The molecule has 180 valence electrons. The number of hydrazine groups is 1. The molecule has 4 rings (SSSR count). The first-order valence-corrected chi connectivity index (χ1v) is 12.8. The van der Waals surface area contributed by atoms with E-state index in [-0.39, 0.29) is 29.6 Å². The van der Waals surface area contributed by atoms with Gasteiger partial charge >= 0.3 is 0 Å². The summed E-state index contributed by atoms with van der Waals surface area (Å²) in [6, 6.07) is 11.1. The first kappa shape index (κ1) is 23.9. The number of carbonyl (C=O) groups is 3. The van der Waals surface area contributed by atoms with Gasteiger partial charge in [-0.2, -0.15) is 4.31 Å². The van der Waals surface area contributed by atoms with Crippen molar-refractivity contribution in [1.29, 1.82) is 0 Å². The molecule has 34 heavy (non-hydrogen) atoms. The molecule has 0 radical (unpaired) electrons. The fraction of sp³-hybridized carbons (Fsp3) is 0.375. The summed E-state index contributed by atoms with van der Waals surface area (Å²) < 4.78 is 28.0. The molecule has 2 heterocycles. The second-order valence-corrected chi connectivity index (χ2v) is 10.5. The number of hydrogen-bond acceptors (Lipinski definition) is 5. The maximum Gasteiger partial charge on any atom is 0.255 e. The van der Waals surface area contributed by atoms with E-state index in [1.165, 1.54) is 15.4 Å². The minimum Gasteiger partial charge on any atom is -0.322 e. The number of carbonyl (C=O) groups excluding carboxylic acids is 3. The Balaban J connectivity index is 1.50. The SMILES string of the molecule is Cc1ccc(NC(=O)c2ccc(N3NC(=O)CCC3=O)cc2)cc1S(=O)(=O)N1CCCCCC1. The molecular formula is C24H28N4O5S. The highest BCUT2D eigenvalue weighted by Gasteiger charge is 2.27. The van der Waals surface area contributed by atoms with E-state index in [2.05, 4.69) is 10.7 Å². The van der Waals surface area contributed by atoms with Crippen LogP contribution in [0.15, 0.2) is 47.4 Å². The molecule has 9 nitrogen and oxygen atoms in total. The summed E-state index contributed by atoms with van der Waals surface area (Å²) in [5.41, 5.74) is 4.30. The molecule has 2 saturated heterocycles. The van der Waals surface area contributed by atoms with E-state index in [1.807, 2.05) is 0 Å². The van der Waals surface area contributed by atoms with Crippen LogP contribution >= 0.6 is 0 Å². The summed E-state index contributed by atoms with van der Waals surface area (Å²) in [5.74, 6) is -0.885. The lowest BCUT2D eigenvalue weighted by molar-refractivity contribution is -0.130. The lowest BCUT2D eigenvalue weighted by Gasteiger charge is -2.27. The molecule has 0 saturated carbocycles. The number of sulfonamides is 1. The predicted molar refractivity (Wildman–Crippen MR) is 128 cm³/mol. The molecule has 2 N–H and O–H groups in total. The van der Waals surface area contributed by atoms with E-state index >= 15 is 0 Å². The number of amides is 3. The van der Waals surface area contributed by atoms with Crippen molar-refractivity contribution >= 4 is 39.1 Å². The molecule has 0 spiro atoms. The molecule has 0 unspecified atom stereocenters. The molecule has 0 bridgehead atoms. The average molecular weight is 485 g/mol. The summed E-state index contributed by atoms with van der Waals surface area (Å²) in [6.45, 7) is 2.76. The third kappa shape index (κ3) is 5.13. The number of anilines is 2. The van der Waals surface area contributed by atoms with Crippen LogP contribution in [-0.4, -0.2) is 43.5 Å². The van der Waals surface area contributed by atoms with Crippen molar-refractivity contribution in [2.24, 2.45) is 0 Å². The lowest BCUT2D eigenvalue weighted by Crippen LogP contribution is -2.50. The van der Waals surface area contributed by atoms with Crippen LogP contribution in [0, 0.1) is 6.92 Å². The Labute approximate surface area is 199 Å². The molecule has 2 aliphatic heterocycles. The first-order chi connectivity index (χ1) is 16.3. The van der Waals surface area contributed by atoms with Crippen LogP contribution < -0.4 is 15.8 Å². The van der Waals surface area contributed by atoms with Crippen LogP contribution in [0.25, 0.3) is 0 Å². The van der Waals surface area contributed by atoms with Crippen LogP contribution in [0.2, 0.25) is 0 Å². The zero-order valence-electron chi connectivity index (χ0n) is 19.0. The van der Waals surface area contributed by atoms with Crippen molar-refractivity contribution in [3.05, 3.63) is 53.6 Å². The summed E-state index contributed by atoms with van der Waals surface area (Å²) in [6.07, 6.45) is 4.02. The number of hydrogen-bond donors (Lipinski definition) is 2. The van der Waals surface area contributed by atoms with Crippen LogP contribution in [-0.2, 0) is 19.6 Å². The van der Waals surface area contributed by atoms with Gasteiger partial charge in [0.25, 0.3) is 5.91 Å². The van der Waals surface area contributed by atoms with Gasteiger partial charge in [0.1, 0.15) is 0 Å². The third-order valence-corrected chi connectivity index (χ3v) is 8.11. The zero-order chi connectivity index (χ0) is 24.3. The van der Waals surface area contributed by atoms with Crippen molar-refractivity contribution in [2.75, 3.05) is 23.4 Å². The highest BCUT2D eigenvalue weighted by molar-refractivity contribution is 7.89. The molecule has 0 aliphatic carbocycles. The van der Waals surface area contributed by atoms with Gasteiger partial charge in [-0.15, -0.1) is 0 Å². The van der Waals surface area contributed by atoms with Gasteiger partial charge in [0.15, 0.2) is 0 Å². The number of benzene rings is 2. The van der Waals surface area contributed by atoms with E-state index in [9.17, 15) is 22.8 Å². The molecule has 3 amide bonds. The Morgan fingerprint density at radius 1 is 0.941 bits per heavy atom. The summed E-state index contributed by atoms with van der Waals surface area (Å²) >= 11 is 0. The Morgan fingerprint density at radius 2 is 1.62 bits per heavy atom. The van der Waals surface area contributed by atoms with Gasteiger partial charge in [-0.25, -0.2) is 13.4 Å². The van der Waals surface area contributed by atoms with Gasteiger partial charge in [0.05, 0.1) is 10.6 Å². The minimum atomic E-state index is -3.66. The highest BCUT2D eigenvalue weighted by atomic mass is 32.2. The zero-order valence-corrected chi connectivity index (χ0v) is 19.9. The average Bonchev–Trinajstić information content (AvgIpc) is 3.12. The number of nitrogens with one attached hydrogen (secondary N) is 2. The van der Waals surface area contributed by atoms with Crippen LogP contribution in [0.3, 0.4) is 0 Å². The molecular weight excluding hydrogens is 456 g/mol. The molecule has 2 aromatic carbocycles. The van der Waals surface area contributed by atoms with Gasteiger partial charge in [-0.1, -0.05) is 18.9 Å². The third-order valence-electron chi connectivity index (χ3n) is 6.07. The summed E-state index contributed by atoms with van der Waals surface area (Å²) in [5, 5.41) is 3.93. The summed E-state index contributed by atoms with van der Waals surface area (Å²) in [7, 11) is -3.66. The Morgan fingerprint density at radius 3 is 2.29 bits per heavy atom. The fourth-order valence-electron chi connectivity index (χ4n) is 4.13. The highest BCUT2D eigenvalue weighted by Crippen LogP contribution is 2.26. The smallest absolute Gasteiger partial charge is 0.255 e. The van der Waals surface area contributed by atoms with E-state index < -0.39 is 15.9 Å². The Bertz CT molecular complexity index is 1200. The Kier molecular flexibility index (Phi) is 6.99. The van der Waals surface area contributed by atoms with Crippen molar-refractivity contribution in [1.82, 2.24) is 9.73 Å². The largest absolute Gasteiger partial charge is 0.322 e. The molecule has 0 atom stereocenters. The van der Waals surface area contributed by atoms with Crippen molar-refractivity contribution in [2.45, 2.75) is 50.3 Å². The number of rotatable bonds is 5. The van der Waals surface area contributed by atoms with Crippen LogP contribution in [0.1, 0.15) is 54.4 Å². The molecule has 0 aromatic heterocycles. The quantitative estimate of drug-likeness (QED) is 0.677. The van der Waals surface area contributed by atoms with Gasteiger partial charge in [0.2, 0.25) is 21.8 Å². The van der Waals surface area contributed by atoms with Gasteiger partial charge in [-0.05, 0) is 61.7 Å². The van der Waals surface area contributed by atoms with Crippen molar-refractivity contribution in [3.8, 4) is 0 Å². The second-order valence-electron chi connectivity index (χ2n) is 8.56. The van der Waals surface area contributed by atoms with E-state index in [1.54, 1.807) is 43.3 Å². The molecule has 2 fully saturated rings. The molecule has 2 aromatic rings. The van der Waals surface area contributed by atoms with Crippen LogP contribution in [0.4, 0.5) is 11.4 Å². The first-order valence-electron chi connectivity index (χ1n) is 11.4. The van der Waals surface area contributed by atoms with E-state index in [4.69, 9.17) is 0 Å². The normalized spacial score (nSPS) is 17.7. The lowest BCUT2D eigenvalue weighted by atomic mass is 10.1. The molecule has 2 aliphatic rings. The van der Waals surface area contributed by atoms with E-state index in [0.717, 1.165) is 25.7 Å². The molecule has 10 heteroatoms. The van der Waals surface area contributed by atoms with Crippen LogP contribution in [0.5, 0.6) is 0 Å². The fourth-order valence-corrected chi connectivity index (χ4v) is 5.89. The predicted octanol–water partition coefficient (Wildman–Crippen LogP) is 2.97. The summed E-state index contributed by atoms with van der Waals surface area (Å²) in [4.78, 5) is 36.6. The second kappa shape index (κ2) is 9.94. The maximum atomic E-state index is 13.3. The standard InChI is InChI=1S/C24H28N4O5S/c1-17-6-9-19(16-21(17)34(32,33)27-14-4-2-3-5-15-27)25-24(31)18-7-10-20(11-8-18)28-23(30)13-12-22(29)26-28/h6-11,16H,2-5,12-15H2,1H3,(H,25,31)(H,26,29). The van der Waals surface area contributed by atoms with Gasteiger partial charge in [0, 0.05) is 37.2 Å². The number of nitrogens with zero attached hydrogens (tertiary/aromatic N) is 2. The van der Waals surface area contributed by atoms with Gasteiger partial charge in [-0.3, -0.25) is 19.8 Å². The monoisotopic (exact) mass is 484 g/mol. The van der Waals surface area contributed by atoms with E-state index in [0.29, 0.717) is 35.6 Å². The van der Waals surface area contributed by atoms with Gasteiger partial charge < -0.3 is 5.32 Å². The minimum absolute atomic E-state index is 0.129. The van der Waals surface area contributed by atoms with Crippen molar-refractivity contribution < 1.29 is 22.8 Å². The maximum absolute atomic E-state index is 13.3. The topological polar surface area (TPSA) is 116 Å². The van der Waals surface area contributed by atoms with Crippen molar-refractivity contribution in [3.63, 3.8) is 0 Å².